The molecule has 2 aromatic rings. The maximum Gasteiger partial charge on any atom is 0.165 e. The molecule has 1 N–H and O–H groups in total. The van der Waals surface area contributed by atoms with E-state index >= 15 is 0 Å². The lowest BCUT2D eigenvalue weighted by atomic mass is 10.2. The Hall–Kier alpha value is -2.30. The van der Waals surface area contributed by atoms with E-state index in [-0.39, 0.29) is 17.4 Å². The molecule has 5 heteroatoms. The van der Waals surface area contributed by atoms with Gasteiger partial charge in [-0.1, -0.05) is 6.07 Å². The molecule has 0 bridgehead atoms. The van der Waals surface area contributed by atoms with E-state index in [1.807, 2.05) is 6.07 Å². The van der Waals surface area contributed by atoms with Gasteiger partial charge in [0, 0.05) is 19.8 Å². The first-order valence-electron chi connectivity index (χ1n) is 5.79. The van der Waals surface area contributed by atoms with Crippen molar-refractivity contribution in [3.63, 3.8) is 0 Å². The van der Waals surface area contributed by atoms with Crippen LogP contribution in [0.4, 0.5) is 10.2 Å². The number of halogens is 1. The molecule has 0 atom stereocenters. The zero-order valence-electron chi connectivity index (χ0n) is 10.8. The Labute approximate surface area is 111 Å². The molecule has 4 nitrogen and oxygen atoms in total. The van der Waals surface area contributed by atoms with Gasteiger partial charge in [0.2, 0.25) is 0 Å². The van der Waals surface area contributed by atoms with Gasteiger partial charge in [0.1, 0.15) is 0 Å². The molecule has 1 heterocycles. The number of ether oxygens (including phenoxy) is 1. The van der Waals surface area contributed by atoms with Crippen molar-refractivity contribution in [1.29, 1.82) is 0 Å². The summed E-state index contributed by atoms with van der Waals surface area (Å²) in [5.74, 6) is 0.380. The lowest BCUT2D eigenvalue weighted by Gasteiger charge is -2.19. The molecule has 0 saturated carbocycles. The van der Waals surface area contributed by atoms with E-state index in [9.17, 15) is 9.50 Å². The second kappa shape index (κ2) is 5.56. The van der Waals surface area contributed by atoms with E-state index in [2.05, 4.69) is 4.98 Å². The third-order valence-corrected chi connectivity index (χ3v) is 2.76. The van der Waals surface area contributed by atoms with Gasteiger partial charge in [0.25, 0.3) is 0 Å². The molecule has 19 heavy (non-hydrogen) atoms. The van der Waals surface area contributed by atoms with Crippen molar-refractivity contribution in [1.82, 2.24) is 4.98 Å². The Bertz CT molecular complexity index is 575. The van der Waals surface area contributed by atoms with Crippen LogP contribution < -0.4 is 9.64 Å². The monoisotopic (exact) mass is 262 g/mol. The van der Waals surface area contributed by atoms with E-state index in [1.165, 1.54) is 13.2 Å². The van der Waals surface area contributed by atoms with Crippen molar-refractivity contribution in [2.24, 2.45) is 0 Å². The first-order valence-corrected chi connectivity index (χ1v) is 5.79. The maximum absolute atomic E-state index is 13.6. The van der Waals surface area contributed by atoms with Crippen molar-refractivity contribution < 1.29 is 14.2 Å². The number of pyridine rings is 1. The van der Waals surface area contributed by atoms with E-state index in [1.54, 1.807) is 36.3 Å². The van der Waals surface area contributed by atoms with Crippen molar-refractivity contribution in [3.05, 3.63) is 47.9 Å². The minimum Gasteiger partial charge on any atom is -0.504 e. The smallest absolute Gasteiger partial charge is 0.165 e. The fourth-order valence-corrected chi connectivity index (χ4v) is 1.84. The highest BCUT2D eigenvalue weighted by atomic mass is 19.1. The second-order valence-electron chi connectivity index (χ2n) is 4.17. The lowest BCUT2D eigenvalue weighted by Crippen LogP contribution is -2.18. The van der Waals surface area contributed by atoms with Crippen LogP contribution in [0.2, 0.25) is 0 Å². The number of hydrogen-bond acceptors (Lipinski definition) is 4. The summed E-state index contributed by atoms with van der Waals surface area (Å²) in [6.07, 6.45) is 1.54. The number of rotatable bonds is 4. The molecule has 0 radical (unpaired) electrons. The topological polar surface area (TPSA) is 45.6 Å². The summed E-state index contributed by atoms with van der Waals surface area (Å²) >= 11 is 0. The van der Waals surface area contributed by atoms with Crippen LogP contribution in [0.25, 0.3) is 0 Å². The average Bonchev–Trinajstić information content (AvgIpc) is 2.39. The molecular weight excluding hydrogens is 247 g/mol. The minimum atomic E-state index is -0.372. The highest BCUT2D eigenvalue weighted by molar-refractivity contribution is 5.44. The van der Waals surface area contributed by atoms with E-state index in [4.69, 9.17) is 4.74 Å². The molecule has 1 aromatic heterocycles. The maximum atomic E-state index is 13.6. The van der Waals surface area contributed by atoms with E-state index < -0.39 is 0 Å². The lowest BCUT2D eigenvalue weighted by molar-refractivity contribution is 0.373. The highest BCUT2D eigenvalue weighted by Gasteiger charge is 2.10. The second-order valence-corrected chi connectivity index (χ2v) is 4.17. The van der Waals surface area contributed by atoms with Gasteiger partial charge in [-0.25, -0.2) is 9.37 Å². The molecule has 0 unspecified atom stereocenters. The van der Waals surface area contributed by atoms with Gasteiger partial charge in [-0.15, -0.1) is 0 Å². The summed E-state index contributed by atoms with van der Waals surface area (Å²) in [7, 11) is 3.23. The zero-order chi connectivity index (χ0) is 13.8. The number of aromatic hydroxyl groups is 1. The van der Waals surface area contributed by atoms with Gasteiger partial charge in [-0.2, -0.15) is 0 Å². The van der Waals surface area contributed by atoms with Crippen molar-refractivity contribution in [3.8, 4) is 11.5 Å². The van der Waals surface area contributed by atoms with Gasteiger partial charge in [-0.3, -0.25) is 0 Å². The summed E-state index contributed by atoms with van der Waals surface area (Å²) in [6, 6.07) is 8.00. The number of aromatic nitrogens is 1. The molecule has 0 fully saturated rings. The number of hydrogen-bond donors (Lipinski definition) is 1. The Balaban J connectivity index is 2.17. The largest absolute Gasteiger partial charge is 0.504 e. The van der Waals surface area contributed by atoms with Crippen molar-refractivity contribution >= 4 is 5.82 Å². The average molecular weight is 262 g/mol. The summed E-state index contributed by atoms with van der Waals surface area (Å²) < 4.78 is 18.5. The first-order chi connectivity index (χ1) is 9.11. The van der Waals surface area contributed by atoms with Gasteiger partial charge < -0.3 is 14.7 Å². The van der Waals surface area contributed by atoms with Crippen molar-refractivity contribution in [2.45, 2.75) is 6.54 Å². The van der Waals surface area contributed by atoms with Crippen molar-refractivity contribution in [2.75, 3.05) is 19.1 Å². The van der Waals surface area contributed by atoms with Crippen LogP contribution >= 0.6 is 0 Å². The summed E-state index contributed by atoms with van der Waals surface area (Å²) in [5.41, 5.74) is 0.839. The summed E-state index contributed by atoms with van der Waals surface area (Å²) in [4.78, 5) is 5.67. The number of phenolic OH excluding ortho intramolecular Hbond substituents is 1. The number of methoxy groups -OCH3 is 1. The van der Waals surface area contributed by atoms with Gasteiger partial charge in [0.05, 0.1) is 7.11 Å². The highest BCUT2D eigenvalue weighted by Crippen LogP contribution is 2.27. The molecule has 0 saturated heterocycles. The van der Waals surface area contributed by atoms with Crippen LogP contribution in [0.15, 0.2) is 36.5 Å². The quantitative estimate of drug-likeness (QED) is 0.919. The number of benzene rings is 1. The Morgan fingerprint density at radius 3 is 2.79 bits per heavy atom. The molecule has 0 spiro atoms. The fourth-order valence-electron chi connectivity index (χ4n) is 1.84. The van der Waals surface area contributed by atoms with Gasteiger partial charge >= 0.3 is 0 Å². The van der Waals surface area contributed by atoms with Crippen LogP contribution in [0.3, 0.4) is 0 Å². The number of anilines is 1. The molecule has 0 aliphatic carbocycles. The molecule has 0 aliphatic heterocycles. The minimum absolute atomic E-state index is 0.0647. The third kappa shape index (κ3) is 2.93. The van der Waals surface area contributed by atoms with Crippen LogP contribution in [0.1, 0.15) is 5.56 Å². The Morgan fingerprint density at radius 2 is 2.16 bits per heavy atom. The van der Waals surface area contributed by atoms with E-state index in [0.29, 0.717) is 12.3 Å². The fraction of sp³-hybridized carbons (Fsp3) is 0.214. The molecule has 2 rings (SSSR count). The normalized spacial score (nSPS) is 10.3. The SMILES string of the molecule is COc1ccc(CN(C)c2ncccc2F)cc1O. The zero-order valence-corrected chi connectivity index (χ0v) is 10.8. The molecule has 0 amide bonds. The number of phenols is 1. The first kappa shape index (κ1) is 13.1. The third-order valence-electron chi connectivity index (χ3n) is 2.76. The van der Waals surface area contributed by atoms with Crippen LogP contribution in [0.5, 0.6) is 11.5 Å². The predicted molar refractivity (Wildman–Crippen MR) is 71.0 cm³/mol. The van der Waals surface area contributed by atoms with Crippen LogP contribution in [-0.4, -0.2) is 24.2 Å². The van der Waals surface area contributed by atoms with Gasteiger partial charge in [0.15, 0.2) is 23.1 Å². The van der Waals surface area contributed by atoms with Gasteiger partial charge in [-0.05, 0) is 29.8 Å². The summed E-state index contributed by atoms with van der Waals surface area (Å²) in [5, 5.41) is 9.70. The Kier molecular flexibility index (Phi) is 3.85. The van der Waals surface area contributed by atoms with E-state index in [0.717, 1.165) is 5.56 Å². The molecular formula is C14H15FN2O2. The molecule has 100 valence electrons. The standard InChI is InChI=1S/C14H15FN2O2/c1-17(14-11(15)4-3-7-16-14)9-10-5-6-13(19-2)12(18)8-10/h3-8,18H,9H2,1-2H3. The summed E-state index contributed by atoms with van der Waals surface area (Å²) in [6.45, 7) is 0.436. The predicted octanol–water partition coefficient (Wildman–Crippen LogP) is 2.57. The Morgan fingerprint density at radius 1 is 1.37 bits per heavy atom. The van der Waals surface area contributed by atoms with Crippen LogP contribution in [0, 0.1) is 5.82 Å². The van der Waals surface area contributed by atoms with Crippen LogP contribution in [-0.2, 0) is 6.54 Å². The molecule has 1 aromatic carbocycles. The number of nitrogens with zero attached hydrogens (tertiary/aromatic N) is 2. The molecule has 0 aliphatic rings.